The van der Waals surface area contributed by atoms with Crippen LogP contribution in [0.4, 0.5) is 10.1 Å². The van der Waals surface area contributed by atoms with Gasteiger partial charge in [0.1, 0.15) is 5.82 Å². The Morgan fingerprint density at radius 2 is 1.78 bits per heavy atom. The number of piperidine rings is 1. The molecule has 0 bridgehead atoms. The largest absolute Gasteiger partial charge is 0.371 e. The van der Waals surface area contributed by atoms with Crippen LogP contribution in [0.15, 0.2) is 24.3 Å². The van der Waals surface area contributed by atoms with Gasteiger partial charge in [0.05, 0.1) is 0 Å². The Morgan fingerprint density at radius 1 is 1.22 bits per heavy atom. The van der Waals surface area contributed by atoms with Gasteiger partial charge in [-0.25, -0.2) is 4.39 Å². The maximum absolute atomic E-state index is 12.9. The predicted octanol–water partition coefficient (Wildman–Crippen LogP) is 1.68. The number of hydrogen-bond acceptors (Lipinski definition) is 3. The van der Waals surface area contributed by atoms with E-state index in [1.165, 1.54) is 12.1 Å². The molecule has 0 aliphatic carbocycles. The van der Waals surface area contributed by atoms with E-state index >= 15 is 0 Å². The summed E-state index contributed by atoms with van der Waals surface area (Å²) in [5.41, 5.74) is 7.15. The summed E-state index contributed by atoms with van der Waals surface area (Å²) < 4.78 is 12.9. The Labute approximate surface area is 108 Å². The summed E-state index contributed by atoms with van der Waals surface area (Å²) in [6.07, 6.45) is 2.10. The fraction of sp³-hybridized carbons (Fsp3) is 0.571. The van der Waals surface area contributed by atoms with Gasteiger partial charge in [-0.15, -0.1) is 0 Å². The third-order valence-corrected chi connectivity index (χ3v) is 4.21. The van der Waals surface area contributed by atoms with Crippen LogP contribution in [0.3, 0.4) is 0 Å². The highest BCUT2D eigenvalue weighted by Crippen LogP contribution is 2.29. The monoisotopic (exact) mass is 251 g/mol. The van der Waals surface area contributed by atoms with Gasteiger partial charge in [-0.2, -0.15) is 0 Å². The fourth-order valence-corrected chi connectivity index (χ4v) is 2.67. The zero-order valence-corrected chi connectivity index (χ0v) is 11.2. The maximum atomic E-state index is 12.9. The molecule has 1 heterocycles. The number of nitrogens with two attached hydrogens (primary N) is 1. The molecule has 0 radical (unpaired) electrons. The molecule has 0 aromatic heterocycles. The second-order valence-corrected chi connectivity index (χ2v) is 5.29. The zero-order valence-electron chi connectivity index (χ0n) is 11.2. The number of benzene rings is 1. The van der Waals surface area contributed by atoms with E-state index in [2.05, 4.69) is 23.9 Å². The van der Waals surface area contributed by atoms with Crippen molar-refractivity contribution in [3.05, 3.63) is 30.1 Å². The van der Waals surface area contributed by atoms with Crippen molar-refractivity contribution >= 4 is 5.69 Å². The molecular weight excluding hydrogens is 229 g/mol. The zero-order chi connectivity index (χ0) is 13.2. The number of likely N-dealkylation sites (N-methyl/N-ethyl adjacent to an activating group) is 1. The van der Waals surface area contributed by atoms with Gasteiger partial charge >= 0.3 is 0 Å². The summed E-state index contributed by atoms with van der Waals surface area (Å²) in [6.45, 7) is 2.64. The van der Waals surface area contributed by atoms with Crippen molar-refractivity contribution < 1.29 is 4.39 Å². The highest BCUT2D eigenvalue weighted by molar-refractivity contribution is 5.46. The Kier molecular flexibility index (Phi) is 3.88. The van der Waals surface area contributed by atoms with Crippen LogP contribution in [-0.4, -0.2) is 44.2 Å². The summed E-state index contributed by atoms with van der Waals surface area (Å²) in [4.78, 5) is 4.55. The quantitative estimate of drug-likeness (QED) is 0.887. The molecule has 18 heavy (non-hydrogen) atoms. The first-order valence-electron chi connectivity index (χ1n) is 6.45. The van der Waals surface area contributed by atoms with Gasteiger partial charge in [0.25, 0.3) is 0 Å². The van der Waals surface area contributed by atoms with Crippen molar-refractivity contribution in [2.24, 2.45) is 5.73 Å². The smallest absolute Gasteiger partial charge is 0.123 e. The lowest BCUT2D eigenvalue weighted by atomic mass is 9.86. The molecule has 1 aromatic carbocycles. The average Bonchev–Trinajstić information content (AvgIpc) is 2.39. The predicted molar refractivity (Wildman–Crippen MR) is 73.3 cm³/mol. The van der Waals surface area contributed by atoms with Gasteiger partial charge in [0.15, 0.2) is 0 Å². The van der Waals surface area contributed by atoms with Gasteiger partial charge in [-0.3, -0.25) is 0 Å². The van der Waals surface area contributed by atoms with Crippen molar-refractivity contribution in [2.75, 3.05) is 38.6 Å². The molecule has 100 valence electrons. The molecule has 3 nitrogen and oxygen atoms in total. The average molecular weight is 251 g/mol. The van der Waals surface area contributed by atoms with Crippen molar-refractivity contribution in [3.63, 3.8) is 0 Å². The fourth-order valence-electron chi connectivity index (χ4n) is 2.67. The molecule has 1 aliphatic heterocycles. The normalized spacial score (nSPS) is 19.3. The second-order valence-electron chi connectivity index (χ2n) is 5.29. The van der Waals surface area contributed by atoms with Crippen LogP contribution in [0.1, 0.15) is 12.8 Å². The van der Waals surface area contributed by atoms with E-state index < -0.39 is 0 Å². The molecule has 2 N–H and O–H groups in total. The molecule has 0 amide bonds. The molecule has 1 aliphatic rings. The third kappa shape index (κ3) is 2.49. The summed E-state index contributed by atoms with van der Waals surface area (Å²) in [5, 5.41) is 0. The standard InChI is InChI=1S/C14H22FN3/c1-17(2)14(11-16)7-9-18(10-8-14)13-5-3-12(15)4-6-13/h3-6H,7-11,16H2,1-2H3. The molecule has 0 unspecified atom stereocenters. The number of anilines is 1. The van der Waals surface area contributed by atoms with Gasteiger partial charge in [-0.05, 0) is 51.2 Å². The Balaban J connectivity index is 2.04. The Bertz CT molecular complexity index is 381. The van der Waals surface area contributed by atoms with E-state index in [0.717, 1.165) is 31.6 Å². The summed E-state index contributed by atoms with van der Waals surface area (Å²) >= 11 is 0. The van der Waals surface area contributed by atoms with Crippen LogP contribution in [0.2, 0.25) is 0 Å². The van der Waals surface area contributed by atoms with Gasteiger partial charge in [0.2, 0.25) is 0 Å². The summed E-state index contributed by atoms with van der Waals surface area (Å²) in [5.74, 6) is -0.180. The van der Waals surface area contributed by atoms with Crippen LogP contribution in [-0.2, 0) is 0 Å². The number of hydrogen-bond donors (Lipinski definition) is 1. The van der Waals surface area contributed by atoms with Gasteiger partial charge in [-0.1, -0.05) is 0 Å². The molecule has 1 fully saturated rings. The highest BCUT2D eigenvalue weighted by Gasteiger charge is 2.35. The van der Waals surface area contributed by atoms with Crippen molar-refractivity contribution in [1.29, 1.82) is 0 Å². The van der Waals surface area contributed by atoms with Crippen molar-refractivity contribution in [2.45, 2.75) is 18.4 Å². The van der Waals surface area contributed by atoms with Crippen molar-refractivity contribution in [3.8, 4) is 0 Å². The molecule has 0 spiro atoms. The number of halogens is 1. The molecule has 1 saturated heterocycles. The van der Waals surface area contributed by atoms with Crippen molar-refractivity contribution in [1.82, 2.24) is 4.90 Å². The minimum absolute atomic E-state index is 0.122. The van der Waals surface area contributed by atoms with E-state index in [-0.39, 0.29) is 11.4 Å². The van der Waals surface area contributed by atoms with E-state index in [1.807, 2.05) is 12.1 Å². The van der Waals surface area contributed by atoms with Crippen LogP contribution in [0.5, 0.6) is 0 Å². The van der Waals surface area contributed by atoms with Crippen LogP contribution >= 0.6 is 0 Å². The molecule has 0 atom stereocenters. The topological polar surface area (TPSA) is 32.5 Å². The molecule has 0 saturated carbocycles. The van der Waals surface area contributed by atoms with Crippen LogP contribution < -0.4 is 10.6 Å². The summed E-state index contributed by atoms with van der Waals surface area (Å²) in [7, 11) is 4.20. The van der Waals surface area contributed by atoms with Crippen LogP contribution in [0.25, 0.3) is 0 Å². The van der Waals surface area contributed by atoms with E-state index in [1.54, 1.807) is 0 Å². The van der Waals surface area contributed by atoms with Crippen LogP contribution in [0, 0.1) is 5.82 Å². The minimum atomic E-state index is -0.180. The molecule has 2 rings (SSSR count). The molecule has 1 aromatic rings. The lowest BCUT2D eigenvalue weighted by Crippen LogP contribution is -2.57. The first kappa shape index (κ1) is 13.3. The van der Waals surface area contributed by atoms with E-state index in [9.17, 15) is 4.39 Å². The SMILES string of the molecule is CN(C)C1(CN)CCN(c2ccc(F)cc2)CC1. The Hall–Kier alpha value is -1.13. The third-order valence-electron chi connectivity index (χ3n) is 4.21. The van der Waals surface area contributed by atoms with Gasteiger partial charge in [0, 0.05) is 30.9 Å². The first-order chi connectivity index (χ1) is 8.57. The van der Waals surface area contributed by atoms with E-state index in [0.29, 0.717) is 6.54 Å². The second kappa shape index (κ2) is 5.24. The highest BCUT2D eigenvalue weighted by atomic mass is 19.1. The van der Waals surface area contributed by atoms with Gasteiger partial charge < -0.3 is 15.5 Å². The summed E-state index contributed by atoms with van der Waals surface area (Å²) in [6, 6.07) is 6.74. The van der Waals surface area contributed by atoms with E-state index in [4.69, 9.17) is 5.73 Å². The lowest BCUT2D eigenvalue weighted by molar-refractivity contribution is 0.125. The molecular formula is C14H22FN3. The lowest BCUT2D eigenvalue weighted by Gasteiger charge is -2.46. The molecule has 4 heteroatoms. The Morgan fingerprint density at radius 3 is 2.22 bits per heavy atom. The minimum Gasteiger partial charge on any atom is -0.371 e. The number of rotatable bonds is 3. The maximum Gasteiger partial charge on any atom is 0.123 e. The number of nitrogens with zero attached hydrogens (tertiary/aromatic N) is 2. The first-order valence-corrected chi connectivity index (χ1v) is 6.45.